The Kier molecular flexibility index (Phi) is 4.72. The molecule has 0 spiro atoms. The van der Waals surface area contributed by atoms with Crippen LogP contribution in [0.2, 0.25) is 0 Å². The molecule has 5 rings (SSSR count). The number of hydrogen-bond donors (Lipinski definition) is 2. The minimum absolute atomic E-state index is 0.0707. The molecule has 11 heteroatoms. The molecule has 2 bridgehead atoms. The molecule has 1 aliphatic carbocycles. The van der Waals surface area contributed by atoms with Gasteiger partial charge in [0.1, 0.15) is 17.1 Å². The lowest BCUT2D eigenvalue weighted by atomic mass is 9.93. The first-order valence-electron chi connectivity index (χ1n) is 10.2. The molecular formula is C19H23F3N6O2. The van der Waals surface area contributed by atoms with Gasteiger partial charge in [-0.1, -0.05) is 0 Å². The van der Waals surface area contributed by atoms with Crippen molar-refractivity contribution >= 4 is 17.6 Å². The first-order valence-corrected chi connectivity index (χ1v) is 10.2. The molecule has 2 fully saturated rings. The van der Waals surface area contributed by atoms with E-state index in [0.717, 1.165) is 31.2 Å². The van der Waals surface area contributed by atoms with E-state index in [1.54, 1.807) is 0 Å². The van der Waals surface area contributed by atoms with Crippen molar-refractivity contribution in [1.29, 1.82) is 0 Å². The average Bonchev–Trinajstić information content (AvgIpc) is 2.92. The largest absolute Gasteiger partial charge is 0.487 e. The van der Waals surface area contributed by atoms with E-state index in [-0.39, 0.29) is 29.8 Å². The predicted molar refractivity (Wildman–Crippen MR) is 102 cm³/mol. The van der Waals surface area contributed by atoms with Gasteiger partial charge < -0.3 is 20.1 Å². The van der Waals surface area contributed by atoms with Crippen LogP contribution in [-0.4, -0.2) is 45.6 Å². The van der Waals surface area contributed by atoms with Gasteiger partial charge in [-0.15, -0.1) is 0 Å². The predicted octanol–water partition coefficient (Wildman–Crippen LogP) is 3.68. The number of nitrogens with zero attached hydrogens (tertiary/aromatic N) is 4. The zero-order valence-electron chi connectivity index (χ0n) is 16.5. The van der Waals surface area contributed by atoms with E-state index >= 15 is 0 Å². The summed E-state index contributed by atoms with van der Waals surface area (Å²) in [5.41, 5.74) is -0.167. The standard InChI is InChI=1S/C19H23F3N6O2/c1-10-15-17(28(27-10)12-3-2-4-12)26-18-23-7-13(19(20,21)22)16(25-18)24-14-5-6-29-8-11(14)9-30-15/h7,11-12,14H,2-6,8-9H2,1H3,(H2,23,24,25,26). The highest BCUT2D eigenvalue weighted by Gasteiger charge is 2.38. The molecule has 3 aliphatic rings. The van der Waals surface area contributed by atoms with Crippen molar-refractivity contribution in [2.75, 3.05) is 30.5 Å². The minimum atomic E-state index is -4.56. The fraction of sp³-hybridized carbons (Fsp3) is 0.632. The van der Waals surface area contributed by atoms with E-state index < -0.39 is 11.7 Å². The monoisotopic (exact) mass is 424 g/mol. The van der Waals surface area contributed by atoms with Crippen LogP contribution in [0.5, 0.6) is 5.75 Å². The van der Waals surface area contributed by atoms with Gasteiger partial charge in [0.25, 0.3) is 0 Å². The second kappa shape index (κ2) is 7.29. The lowest BCUT2D eigenvalue weighted by molar-refractivity contribution is -0.137. The van der Waals surface area contributed by atoms with Gasteiger partial charge in [-0.05, 0) is 32.6 Å². The van der Waals surface area contributed by atoms with Gasteiger partial charge in [0, 0.05) is 24.8 Å². The SMILES string of the molecule is Cc1nn(C2CCC2)c2c1OCC1COCCC1Nc1nc(ncc1C(F)(F)F)N2. The lowest BCUT2D eigenvalue weighted by Gasteiger charge is -2.32. The summed E-state index contributed by atoms with van der Waals surface area (Å²) < 4.78 is 54.3. The average molecular weight is 424 g/mol. The van der Waals surface area contributed by atoms with Crippen molar-refractivity contribution in [2.45, 2.75) is 50.9 Å². The number of anilines is 3. The molecule has 2 aromatic rings. The number of fused-ring (bicyclic) bond motifs is 4. The van der Waals surface area contributed by atoms with Crippen molar-refractivity contribution in [3.63, 3.8) is 0 Å². The van der Waals surface area contributed by atoms with Gasteiger partial charge in [-0.25, -0.2) is 9.67 Å². The molecule has 2 aliphatic heterocycles. The molecule has 2 N–H and O–H groups in total. The second-order valence-electron chi connectivity index (χ2n) is 8.06. The normalized spacial score (nSPS) is 24.3. The smallest absolute Gasteiger partial charge is 0.421 e. The van der Waals surface area contributed by atoms with Gasteiger partial charge in [0.2, 0.25) is 5.95 Å². The molecule has 2 aromatic heterocycles. The van der Waals surface area contributed by atoms with Crippen LogP contribution in [0.4, 0.5) is 30.8 Å². The quantitative estimate of drug-likeness (QED) is 0.722. The van der Waals surface area contributed by atoms with Crippen LogP contribution in [0.3, 0.4) is 0 Å². The minimum Gasteiger partial charge on any atom is -0.487 e. The van der Waals surface area contributed by atoms with E-state index in [2.05, 4.69) is 25.7 Å². The summed E-state index contributed by atoms with van der Waals surface area (Å²) >= 11 is 0. The Balaban J connectivity index is 1.61. The van der Waals surface area contributed by atoms with Gasteiger partial charge in [-0.3, -0.25) is 0 Å². The Morgan fingerprint density at radius 2 is 2.03 bits per heavy atom. The van der Waals surface area contributed by atoms with Crippen molar-refractivity contribution in [3.8, 4) is 5.75 Å². The van der Waals surface area contributed by atoms with Crippen LogP contribution < -0.4 is 15.4 Å². The molecule has 0 radical (unpaired) electrons. The van der Waals surface area contributed by atoms with Crippen LogP contribution in [0.15, 0.2) is 6.20 Å². The Hall–Kier alpha value is -2.56. The van der Waals surface area contributed by atoms with Crippen LogP contribution >= 0.6 is 0 Å². The molecule has 0 aromatic carbocycles. The van der Waals surface area contributed by atoms with Crippen molar-refractivity contribution in [3.05, 3.63) is 17.5 Å². The van der Waals surface area contributed by atoms with Gasteiger partial charge in [-0.2, -0.15) is 23.3 Å². The molecule has 1 saturated heterocycles. The topological polar surface area (TPSA) is 86.1 Å². The number of ether oxygens (including phenoxy) is 2. The van der Waals surface area contributed by atoms with Crippen molar-refractivity contribution in [2.24, 2.45) is 5.92 Å². The molecule has 1 saturated carbocycles. The molecular weight excluding hydrogens is 401 g/mol. The summed E-state index contributed by atoms with van der Waals surface area (Å²) in [5.74, 6) is 0.875. The zero-order valence-corrected chi connectivity index (χ0v) is 16.5. The Bertz CT molecular complexity index is 943. The summed E-state index contributed by atoms with van der Waals surface area (Å²) in [6, 6.07) is -0.0300. The van der Waals surface area contributed by atoms with Crippen LogP contribution in [0.1, 0.15) is 43.0 Å². The third-order valence-corrected chi connectivity index (χ3v) is 6.01. The third kappa shape index (κ3) is 3.44. The molecule has 2 atom stereocenters. The van der Waals surface area contributed by atoms with E-state index in [1.165, 1.54) is 0 Å². The summed E-state index contributed by atoms with van der Waals surface area (Å²) in [6.45, 7) is 3.03. The van der Waals surface area contributed by atoms with Crippen LogP contribution in [0.25, 0.3) is 0 Å². The maximum Gasteiger partial charge on any atom is 0.421 e. The number of aromatic nitrogens is 4. The zero-order chi connectivity index (χ0) is 20.9. The maximum atomic E-state index is 13.6. The highest BCUT2D eigenvalue weighted by atomic mass is 19.4. The van der Waals surface area contributed by atoms with E-state index in [1.807, 2.05) is 11.6 Å². The van der Waals surface area contributed by atoms with E-state index in [4.69, 9.17) is 9.47 Å². The Labute approximate surface area is 171 Å². The van der Waals surface area contributed by atoms with Gasteiger partial charge in [0.05, 0.1) is 19.3 Å². The van der Waals surface area contributed by atoms with Crippen molar-refractivity contribution in [1.82, 2.24) is 19.7 Å². The Morgan fingerprint density at radius 3 is 2.77 bits per heavy atom. The summed E-state index contributed by atoms with van der Waals surface area (Å²) in [5, 5.41) is 10.7. The highest BCUT2D eigenvalue weighted by molar-refractivity contribution is 5.62. The fourth-order valence-electron chi connectivity index (χ4n) is 4.10. The molecule has 30 heavy (non-hydrogen) atoms. The fourth-order valence-corrected chi connectivity index (χ4v) is 4.10. The van der Waals surface area contributed by atoms with E-state index in [9.17, 15) is 13.2 Å². The van der Waals surface area contributed by atoms with Crippen molar-refractivity contribution < 1.29 is 22.6 Å². The second-order valence-corrected chi connectivity index (χ2v) is 8.06. The molecule has 2 unspecified atom stereocenters. The first-order chi connectivity index (χ1) is 14.4. The van der Waals surface area contributed by atoms with Crippen LogP contribution in [-0.2, 0) is 10.9 Å². The Morgan fingerprint density at radius 1 is 1.20 bits per heavy atom. The molecule has 162 valence electrons. The highest BCUT2D eigenvalue weighted by Crippen LogP contribution is 2.41. The van der Waals surface area contributed by atoms with Crippen LogP contribution in [0, 0.1) is 12.8 Å². The summed E-state index contributed by atoms with van der Waals surface area (Å²) in [4.78, 5) is 8.13. The third-order valence-electron chi connectivity index (χ3n) is 6.01. The van der Waals surface area contributed by atoms with Gasteiger partial charge in [0.15, 0.2) is 11.6 Å². The number of halogens is 3. The number of hydrogen-bond acceptors (Lipinski definition) is 7. The lowest BCUT2D eigenvalue weighted by Crippen LogP contribution is -2.41. The van der Waals surface area contributed by atoms with E-state index in [0.29, 0.717) is 37.8 Å². The molecule has 0 amide bonds. The number of alkyl halides is 3. The number of rotatable bonds is 1. The first kappa shape index (κ1) is 19.4. The van der Waals surface area contributed by atoms with Gasteiger partial charge >= 0.3 is 6.18 Å². The maximum absolute atomic E-state index is 13.6. The molecule has 4 heterocycles. The summed E-state index contributed by atoms with van der Waals surface area (Å²) in [6.07, 6.45) is -0.0751. The molecule has 8 nitrogen and oxygen atoms in total. The number of aryl methyl sites for hydroxylation is 1. The summed E-state index contributed by atoms with van der Waals surface area (Å²) in [7, 11) is 0. The number of nitrogens with one attached hydrogen (secondary N) is 2.